The summed E-state index contributed by atoms with van der Waals surface area (Å²) in [6.07, 6.45) is 0.766. The second-order valence-corrected chi connectivity index (χ2v) is 6.45. The van der Waals surface area contributed by atoms with Gasteiger partial charge >= 0.3 is 0 Å². The van der Waals surface area contributed by atoms with Crippen LogP contribution in [0.2, 0.25) is 0 Å². The molecule has 4 N–H and O–H groups in total. The SMILES string of the molecule is CCC(SCC[OH2+])c1cc(C(=O)c2ccccc2)c(O)cc1O. The van der Waals surface area contributed by atoms with E-state index in [1.807, 2.05) is 13.0 Å². The van der Waals surface area contributed by atoms with Gasteiger partial charge in [0.1, 0.15) is 11.5 Å². The number of rotatable bonds is 7. The Hall–Kier alpha value is -1.98. The second-order valence-electron chi connectivity index (χ2n) is 5.14. The maximum absolute atomic E-state index is 12.6. The molecule has 0 radical (unpaired) electrons. The van der Waals surface area contributed by atoms with Gasteiger partial charge in [-0.1, -0.05) is 37.3 Å². The maximum atomic E-state index is 12.6. The van der Waals surface area contributed by atoms with Crippen LogP contribution in [0.5, 0.6) is 11.5 Å². The molecule has 0 aromatic heterocycles. The normalized spacial score (nSPS) is 12.1. The Balaban J connectivity index is 2.41. The summed E-state index contributed by atoms with van der Waals surface area (Å²) in [5, 5.41) is 27.5. The lowest BCUT2D eigenvalue weighted by Gasteiger charge is -2.17. The molecule has 1 unspecified atom stereocenters. The predicted molar refractivity (Wildman–Crippen MR) is 93.6 cm³/mol. The van der Waals surface area contributed by atoms with Gasteiger partial charge in [0, 0.05) is 22.4 Å². The van der Waals surface area contributed by atoms with Crippen LogP contribution in [0, 0.1) is 0 Å². The van der Waals surface area contributed by atoms with E-state index in [-0.39, 0.29) is 28.1 Å². The molecule has 0 aliphatic rings. The van der Waals surface area contributed by atoms with Crippen molar-refractivity contribution in [3.8, 4) is 11.5 Å². The summed E-state index contributed by atoms with van der Waals surface area (Å²) in [7, 11) is 0. The van der Waals surface area contributed by atoms with Crippen LogP contribution in [0.1, 0.15) is 40.1 Å². The number of carbonyl (C=O) groups excluding carboxylic acids is 1. The molecule has 2 aromatic carbocycles. The van der Waals surface area contributed by atoms with E-state index in [0.717, 1.165) is 6.42 Å². The van der Waals surface area contributed by atoms with Gasteiger partial charge in [0.05, 0.1) is 11.3 Å². The lowest BCUT2D eigenvalue weighted by atomic mass is 9.98. The van der Waals surface area contributed by atoms with E-state index in [4.69, 9.17) is 5.11 Å². The zero-order valence-corrected chi connectivity index (χ0v) is 13.8. The largest absolute Gasteiger partial charge is 0.507 e. The van der Waals surface area contributed by atoms with Crippen molar-refractivity contribution in [3.05, 3.63) is 59.2 Å². The molecule has 122 valence electrons. The average Bonchev–Trinajstić information content (AvgIpc) is 2.57. The summed E-state index contributed by atoms with van der Waals surface area (Å²) >= 11 is 1.57. The molecule has 0 bridgehead atoms. The molecule has 2 rings (SSSR count). The molecule has 0 aliphatic carbocycles. The maximum Gasteiger partial charge on any atom is 0.196 e. The van der Waals surface area contributed by atoms with Gasteiger partial charge in [-0.3, -0.25) is 4.79 Å². The van der Waals surface area contributed by atoms with Crippen LogP contribution in [0.25, 0.3) is 0 Å². The van der Waals surface area contributed by atoms with Crippen LogP contribution in [0.3, 0.4) is 0 Å². The Kier molecular flexibility index (Phi) is 6.07. The molecule has 0 fully saturated rings. The first kappa shape index (κ1) is 17.4. The summed E-state index contributed by atoms with van der Waals surface area (Å²) in [6.45, 7) is 2.29. The Morgan fingerprint density at radius 3 is 2.48 bits per heavy atom. The first-order valence-electron chi connectivity index (χ1n) is 7.50. The van der Waals surface area contributed by atoms with Crippen molar-refractivity contribution in [1.29, 1.82) is 0 Å². The molecule has 0 saturated heterocycles. The van der Waals surface area contributed by atoms with Crippen LogP contribution in [-0.2, 0) is 0 Å². The number of carbonyl (C=O) groups is 1. The highest BCUT2D eigenvalue weighted by Crippen LogP contribution is 2.40. The molecule has 0 aliphatic heterocycles. The minimum atomic E-state index is -0.273. The van der Waals surface area contributed by atoms with E-state index in [2.05, 4.69) is 0 Å². The lowest BCUT2D eigenvalue weighted by molar-refractivity contribution is 0.103. The fourth-order valence-corrected chi connectivity index (χ4v) is 3.41. The Morgan fingerprint density at radius 2 is 1.87 bits per heavy atom. The summed E-state index contributed by atoms with van der Waals surface area (Å²) in [6, 6.07) is 11.6. The summed E-state index contributed by atoms with van der Waals surface area (Å²) < 4.78 is 0. The third-order valence-corrected chi connectivity index (χ3v) is 4.99. The number of thioether (sulfide) groups is 1. The first-order valence-corrected chi connectivity index (χ1v) is 8.55. The first-order chi connectivity index (χ1) is 11.1. The predicted octanol–water partition coefficient (Wildman–Crippen LogP) is 3.24. The van der Waals surface area contributed by atoms with E-state index in [1.165, 1.54) is 6.07 Å². The van der Waals surface area contributed by atoms with Gasteiger partial charge in [-0.25, -0.2) is 0 Å². The third-order valence-electron chi connectivity index (χ3n) is 3.56. The molecule has 4 nitrogen and oxygen atoms in total. The Labute approximate surface area is 139 Å². The molecule has 2 aromatic rings. The molecule has 5 heteroatoms. The lowest BCUT2D eigenvalue weighted by Crippen LogP contribution is -2.04. The molecule has 0 heterocycles. The van der Waals surface area contributed by atoms with Crippen molar-refractivity contribution in [2.45, 2.75) is 18.6 Å². The van der Waals surface area contributed by atoms with Crippen LogP contribution >= 0.6 is 11.8 Å². The number of phenols is 2. The van der Waals surface area contributed by atoms with E-state index in [1.54, 1.807) is 42.1 Å². The molecule has 1 atom stereocenters. The monoisotopic (exact) mass is 333 g/mol. The highest BCUT2D eigenvalue weighted by Gasteiger charge is 2.21. The zero-order chi connectivity index (χ0) is 16.8. The summed E-state index contributed by atoms with van der Waals surface area (Å²) in [5.41, 5.74) is 1.31. The zero-order valence-electron chi connectivity index (χ0n) is 13.0. The van der Waals surface area contributed by atoms with Gasteiger partial charge in [0.2, 0.25) is 0 Å². The standard InChI is InChI=1S/C18H20O4S/c1-2-17(23-9-8-19)13-10-14(16(21)11-15(13)20)18(22)12-6-4-3-5-7-12/h3-7,10-11,17,19-21H,2,8-9H2,1H3/p+1. The van der Waals surface area contributed by atoms with Crippen molar-refractivity contribution in [2.75, 3.05) is 12.4 Å². The van der Waals surface area contributed by atoms with Crippen LogP contribution in [0.4, 0.5) is 0 Å². The number of benzene rings is 2. The molecule has 0 saturated carbocycles. The molecule has 0 spiro atoms. The quantitative estimate of drug-likeness (QED) is 0.602. The smallest absolute Gasteiger partial charge is 0.196 e. The van der Waals surface area contributed by atoms with E-state index in [0.29, 0.717) is 23.5 Å². The molecular formula is C18H21O4S+. The van der Waals surface area contributed by atoms with E-state index < -0.39 is 0 Å². The molecular weight excluding hydrogens is 312 g/mol. The van der Waals surface area contributed by atoms with Gasteiger partial charge in [-0.2, -0.15) is 0 Å². The molecule has 23 heavy (non-hydrogen) atoms. The van der Waals surface area contributed by atoms with Gasteiger partial charge < -0.3 is 15.3 Å². The number of hydrogen-bond donors (Lipinski definition) is 2. The van der Waals surface area contributed by atoms with Crippen LogP contribution in [0.15, 0.2) is 42.5 Å². The fraction of sp³-hybridized carbons (Fsp3) is 0.278. The average molecular weight is 333 g/mol. The van der Waals surface area contributed by atoms with Gasteiger partial charge in [-0.15, -0.1) is 11.8 Å². The van der Waals surface area contributed by atoms with Crippen molar-refractivity contribution < 1.29 is 20.1 Å². The van der Waals surface area contributed by atoms with Crippen molar-refractivity contribution in [3.63, 3.8) is 0 Å². The minimum Gasteiger partial charge on any atom is -0.507 e. The van der Waals surface area contributed by atoms with Gasteiger partial charge in [0.25, 0.3) is 0 Å². The van der Waals surface area contributed by atoms with E-state index >= 15 is 0 Å². The van der Waals surface area contributed by atoms with Gasteiger partial charge in [-0.05, 0) is 12.5 Å². The van der Waals surface area contributed by atoms with Crippen LogP contribution < -0.4 is 0 Å². The minimum absolute atomic E-state index is 0.0109. The highest BCUT2D eigenvalue weighted by molar-refractivity contribution is 7.99. The van der Waals surface area contributed by atoms with Crippen molar-refractivity contribution in [1.82, 2.24) is 0 Å². The Morgan fingerprint density at radius 1 is 1.17 bits per heavy atom. The van der Waals surface area contributed by atoms with Crippen LogP contribution in [-0.4, -0.2) is 33.5 Å². The second kappa shape index (κ2) is 8.04. The Bertz CT molecular complexity index is 670. The van der Waals surface area contributed by atoms with Gasteiger partial charge in [0.15, 0.2) is 12.4 Å². The van der Waals surface area contributed by atoms with E-state index in [9.17, 15) is 15.0 Å². The number of ketones is 1. The summed E-state index contributed by atoms with van der Waals surface area (Å²) in [4.78, 5) is 12.6. The number of aromatic hydroxyl groups is 2. The fourth-order valence-electron chi connectivity index (χ4n) is 2.41. The van der Waals surface area contributed by atoms with Crippen molar-refractivity contribution >= 4 is 17.5 Å². The third kappa shape index (κ3) is 4.06. The molecule has 0 amide bonds. The number of phenolic OH excluding ortho intramolecular Hbond substituents is 2. The van der Waals surface area contributed by atoms with Crippen molar-refractivity contribution in [2.24, 2.45) is 0 Å². The highest BCUT2D eigenvalue weighted by atomic mass is 32.2. The number of hydrogen-bond acceptors (Lipinski definition) is 4. The summed E-state index contributed by atoms with van der Waals surface area (Å²) in [5.74, 6) is 0.141. The topological polar surface area (TPSA) is 80.4 Å².